The molecule has 5 heteroatoms. The minimum atomic E-state index is -0.450. The van der Waals surface area contributed by atoms with Crippen LogP contribution in [0.1, 0.15) is 12.5 Å². The molecule has 1 atom stereocenters. The van der Waals surface area contributed by atoms with Crippen molar-refractivity contribution in [1.29, 1.82) is 0 Å². The van der Waals surface area contributed by atoms with Crippen molar-refractivity contribution in [2.24, 2.45) is 0 Å². The molecule has 0 spiro atoms. The third kappa shape index (κ3) is 3.14. The maximum absolute atomic E-state index is 13.8. The Labute approximate surface area is 114 Å². The predicted octanol–water partition coefficient (Wildman–Crippen LogP) is 2.36. The summed E-state index contributed by atoms with van der Waals surface area (Å²) in [5.41, 5.74) is 0.186. The number of hydrogen-bond acceptors (Lipinski definition) is 2. The summed E-state index contributed by atoms with van der Waals surface area (Å²) in [6.07, 6.45) is 0. The molecule has 1 aliphatic rings. The first-order valence-electron chi connectivity index (χ1n) is 5.66. The molecule has 1 N–H and O–H groups in total. The second-order valence-electron chi connectivity index (χ2n) is 4.41. The van der Waals surface area contributed by atoms with Gasteiger partial charge in [-0.3, -0.25) is 4.90 Å². The Morgan fingerprint density at radius 3 is 2.94 bits per heavy atom. The number of nitrogens with one attached hydrogen (secondary N) is 1. The zero-order valence-corrected chi connectivity index (χ0v) is 11.8. The Balaban J connectivity index is 2.15. The maximum Gasteiger partial charge on any atom is 0.143 e. The molecule has 1 saturated heterocycles. The average molecular weight is 352 g/mol. The monoisotopic (exact) mass is 352 g/mol. The molecule has 1 fully saturated rings. The van der Waals surface area contributed by atoms with Crippen LogP contribution in [0, 0.1) is 15.2 Å². The van der Waals surface area contributed by atoms with Crippen molar-refractivity contribution in [2.75, 3.05) is 19.6 Å². The summed E-state index contributed by atoms with van der Waals surface area (Å²) in [5, 5.41) is 3.31. The highest BCUT2D eigenvalue weighted by molar-refractivity contribution is 14.1. The van der Waals surface area contributed by atoms with Crippen LogP contribution in [0.2, 0.25) is 0 Å². The van der Waals surface area contributed by atoms with Gasteiger partial charge in [0.2, 0.25) is 0 Å². The maximum atomic E-state index is 13.8. The van der Waals surface area contributed by atoms with Crippen LogP contribution in [-0.2, 0) is 6.54 Å². The van der Waals surface area contributed by atoms with Gasteiger partial charge in [0.25, 0.3) is 0 Å². The van der Waals surface area contributed by atoms with E-state index in [0.29, 0.717) is 16.2 Å². The SMILES string of the molecule is CC1CN(Cc2c(F)ccc(I)c2F)CCN1. The van der Waals surface area contributed by atoms with Gasteiger partial charge in [0.05, 0.1) is 0 Å². The number of piperazine rings is 1. The standard InChI is InChI=1S/C12H15F2IN2/c1-8-6-17(5-4-16-8)7-9-10(13)2-3-11(15)12(9)14/h2-3,8,16H,4-7H2,1H3. The zero-order valence-electron chi connectivity index (χ0n) is 9.64. The molecular formula is C12H15F2IN2. The Hall–Kier alpha value is -0.270. The minimum absolute atomic E-state index is 0.186. The van der Waals surface area contributed by atoms with Crippen LogP contribution in [0.5, 0.6) is 0 Å². The first-order chi connectivity index (χ1) is 8.08. The third-order valence-corrected chi connectivity index (χ3v) is 3.81. The molecular weight excluding hydrogens is 337 g/mol. The van der Waals surface area contributed by atoms with E-state index in [9.17, 15) is 8.78 Å². The van der Waals surface area contributed by atoms with Crippen molar-refractivity contribution in [3.8, 4) is 0 Å². The van der Waals surface area contributed by atoms with E-state index in [-0.39, 0.29) is 5.56 Å². The molecule has 0 aromatic heterocycles. The molecule has 0 bridgehead atoms. The lowest BCUT2D eigenvalue weighted by Crippen LogP contribution is -2.48. The summed E-state index contributed by atoms with van der Waals surface area (Å²) < 4.78 is 27.9. The van der Waals surface area contributed by atoms with Crippen LogP contribution in [0.25, 0.3) is 0 Å². The van der Waals surface area contributed by atoms with Crippen molar-refractivity contribution in [2.45, 2.75) is 19.5 Å². The molecule has 0 amide bonds. The lowest BCUT2D eigenvalue weighted by molar-refractivity contribution is 0.195. The fraction of sp³-hybridized carbons (Fsp3) is 0.500. The summed E-state index contributed by atoms with van der Waals surface area (Å²) in [7, 11) is 0. The number of halogens is 3. The molecule has 1 aromatic rings. The number of rotatable bonds is 2. The van der Waals surface area contributed by atoms with Gasteiger partial charge in [0.15, 0.2) is 0 Å². The molecule has 2 rings (SSSR count). The van der Waals surface area contributed by atoms with Crippen molar-refractivity contribution in [1.82, 2.24) is 10.2 Å². The molecule has 0 radical (unpaired) electrons. The van der Waals surface area contributed by atoms with Crippen molar-refractivity contribution < 1.29 is 8.78 Å². The van der Waals surface area contributed by atoms with Crippen LogP contribution in [-0.4, -0.2) is 30.6 Å². The van der Waals surface area contributed by atoms with Crippen LogP contribution in [0.15, 0.2) is 12.1 Å². The fourth-order valence-electron chi connectivity index (χ4n) is 2.09. The van der Waals surface area contributed by atoms with Gasteiger partial charge in [0.1, 0.15) is 11.6 Å². The van der Waals surface area contributed by atoms with Gasteiger partial charge in [-0.25, -0.2) is 8.78 Å². The molecule has 2 nitrogen and oxygen atoms in total. The third-order valence-electron chi connectivity index (χ3n) is 2.97. The number of hydrogen-bond donors (Lipinski definition) is 1. The fourth-order valence-corrected chi connectivity index (χ4v) is 2.60. The highest BCUT2D eigenvalue weighted by atomic mass is 127. The van der Waals surface area contributed by atoms with Gasteiger partial charge < -0.3 is 5.32 Å². The summed E-state index contributed by atoms with van der Waals surface area (Å²) in [4.78, 5) is 2.08. The van der Waals surface area contributed by atoms with E-state index in [0.717, 1.165) is 19.6 Å². The average Bonchev–Trinajstić information content (AvgIpc) is 2.30. The summed E-state index contributed by atoms with van der Waals surface area (Å²) in [6, 6.07) is 3.18. The number of nitrogens with zero attached hydrogens (tertiary/aromatic N) is 1. The quantitative estimate of drug-likeness (QED) is 0.650. The van der Waals surface area contributed by atoms with Crippen LogP contribution >= 0.6 is 22.6 Å². The molecule has 1 aliphatic heterocycles. The van der Waals surface area contributed by atoms with Crippen molar-refractivity contribution >= 4 is 22.6 Å². The summed E-state index contributed by atoms with van der Waals surface area (Å²) >= 11 is 1.89. The second-order valence-corrected chi connectivity index (χ2v) is 5.57. The molecule has 1 unspecified atom stereocenters. The lowest BCUT2D eigenvalue weighted by atomic mass is 10.1. The van der Waals surface area contributed by atoms with Gasteiger partial charge >= 0.3 is 0 Å². The lowest BCUT2D eigenvalue weighted by Gasteiger charge is -2.32. The van der Waals surface area contributed by atoms with Crippen molar-refractivity contribution in [3.05, 3.63) is 32.9 Å². The highest BCUT2D eigenvalue weighted by Crippen LogP contribution is 2.20. The predicted molar refractivity (Wildman–Crippen MR) is 71.8 cm³/mol. The normalized spacial score (nSPS) is 21.8. The molecule has 1 heterocycles. The van der Waals surface area contributed by atoms with Gasteiger partial charge in [-0.1, -0.05) is 0 Å². The minimum Gasteiger partial charge on any atom is -0.312 e. The Kier molecular flexibility index (Phi) is 4.32. The zero-order chi connectivity index (χ0) is 12.4. The molecule has 1 aromatic carbocycles. The van der Waals surface area contributed by atoms with E-state index >= 15 is 0 Å². The van der Waals surface area contributed by atoms with Gasteiger partial charge in [-0.15, -0.1) is 0 Å². The van der Waals surface area contributed by atoms with Gasteiger partial charge in [0, 0.05) is 41.4 Å². The summed E-state index contributed by atoms with van der Waals surface area (Å²) in [5.74, 6) is -0.870. The van der Waals surface area contributed by atoms with E-state index in [1.807, 2.05) is 22.6 Å². The highest BCUT2D eigenvalue weighted by Gasteiger charge is 2.20. The topological polar surface area (TPSA) is 15.3 Å². The first kappa shape index (κ1) is 13.2. The smallest absolute Gasteiger partial charge is 0.143 e. The van der Waals surface area contributed by atoms with E-state index < -0.39 is 11.6 Å². The van der Waals surface area contributed by atoms with Crippen LogP contribution in [0.3, 0.4) is 0 Å². The Bertz CT molecular complexity index is 412. The first-order valence-corrected chi connectivity index (χ1v) is 6.74. The van der Waals surface area contributed by atoms with Crippen LogP contribution < -0.4 is 5.32 Å². The van der Waals surface area contributed by atoms with Gasteiger partial charge in [-0.05, 0) is 41.6 Å². The summed E-state index contributed by atoms with van der Waals surface area (Å²) in [6.45, 7) is 4.95. The molecule has 17 heavy (non-hydrogen) atoms. The van der Waals surface area contributed by atoms with Crippen molar-refractivity contribution in [3.63, 3.8) is 0 Å². The molecule has 0 saturated carbocycles. The molecule has 0 aliphatic carbocycles. The largest absolute Gasteiger partial charge is 0.312 e. The Morgan fingerprint density at radius 2 is 2.24 bits per heavy atom. The second kappa shape index (κ2) is 5.58. The van der Waals surface area contributed by atoms with E-state index in [4.69, 9.17) is 0 Å². The van der Waals surface area contributed by atoms with E-state index in [1.54, 1.807) is 0 Å². The van der Waals surface area contributed by atoms with Crippen LogP contribution in [0.4, 0.5) is 8.78 Å². The Morgan fingerprint density at radius 1 is 1.47 bits per heavy atom. The van der Waals surface area contributed by atoms with E-state index in [2.05, 4.69) is 17.1 Å². The molecule has 94 valence electrons. The number of benzene rings is 1. The van der Waals surface area contributed by atoms with E-state index in [1.165, 1.54) is 12.1 Å². The van der Waals surface area contributed by atoms with Gasteiger partial charge in [-0.2, -0.15) is 0 Å².